The zero-order valence-electron chi connectivity index (χ0n) is 18.2. The van der Waals surface area contributed by atoms with Gasteiger partial charge in [-0.1, -0.05) is 12.1 Å². The van der Waals surface area contributed by atoms with Crippen LogP contribution >= 0.6 is 0 Å². The van der Waals surface area contributed by atoms with Crippen molar-refractivity contribution >= 4 is 27.8 Å². The fourth-order valence-corrected chi connectivity index (χ4v) is 4.40. The van der Waals surface area contributed by atoms with Crippen LogP contribution in [-0.2, 0) is 14.8 Å². The van der Waals surface area contributed by atoms with Crippen molar-refractivity contribution in [3.8, 4) is 11.5 Å². The summed E-state index contributed by atoms with van der Waals surface area (Å²) in [4.78, 5) is 12.4. The molecule has 0 heterocycles. The summed E-state index contributed by atoms with van der Waals surface area (Å²) in [5.41, 5.74) is 2.66. The van der Waals surface area contributed by atoms with Gasteiger partial charge in [-0.25, -0.2) is 22.6 Å². The molecule has 0 radical (unpaired) electrons. The molecule has 0 fully saturated rings. The van der Waals surface area contributed by atoms with E-state index in [4.69, 9.17) is 9.47 Å². The molecular weight excluding hydrogens is 468 g/mol. The first-order valence-electron chi connectivity index (χ1n) is 9.82. The summed E-state index contributed by atoms with van der Waals surface area (Å²) in [7, 11) is -1.52. The van der Waals surface area contributed by atoms with E-state index in [1.165, 1.54) is 69.0 Å². The van der Waals surface area contributed by atoms with Gasteiger partial charge < -0.3 is 9.47 Å². The molecule has 178 valence electrons. The lowest BCUT2D eigenvalue weighted by Crippen LogP contribution is -2.39. The van der Waals surface area contributed by atoms with Gasteiger partial charge in [0.15, 0.2) is 11.5 Å². The lowest BCUT2D eigenvalue weighted by atomic mass is 10.2. The van der Waals surface area contributed by atoms with Crippen LogP contribution in [0.5, 0.6) is 11.5 Å². The molecule has 34 heavy (non-hydrogen) atoms. The Morgan fingerprint density at radius 1 is 0.971 bits per heavy atom. The third-order valence-electron chi connectivity index (χ3n) is 4.60. The Morgan fingerprint density at radius 3 is 2.32 bits per heavy atom. The van der Waals surface area contributed by atoms with E-state index in [0.717, 1.165) is 16.4 Å². The normalized spacial score (nSPS) is 11.3. The first kappa shape index (κ1) is 24.6. The minimum absolute atomic E-state index is 0.0560. The number of carbonyl (C=O) groups excluding carboxylic acids is 1. The standard InChI is InChI=1S/C23H21F2N3O5S/c1-32-21-11-10-20(13-22(21)33-2)34(30,31)28(19-8-6-17(24)7-9-19)15-23(29)27-26-14-16-4-3-5-18(25)12-16/h3-14H,15H2,1-2H3,(H,27,29)/b26-14-. The van der Waals surface area contributed by atoms with E-state index < -0.39 is 34.1 Å². The van der Waals surface area contributed by atoms with E-state index in [2.05, 4.69) is 10.5 Å². The van der Waals surface area contributed by atoms with E-state index in [0.29, 0.717) is 11.3 Å². The number of carbonyl (C=O) groups is 1. The van der Waals surface area contributed by atoms with Gasteiger partial charge in [0.1, 0.15) is 18.2 Å². The van der Waals surface area contributed by atoms with Crippen LogP contribution in [-0.4, -0.2) is 41.3 Å². The first-order valence-corrected chi connectivity index (χ1v) is 11.3. The van der Waals surface area contributed by atoms with E-state index in [1.807, 2.05) is 0 Å². The molecule has 0 atom stereocenters. The molecule has 0 saturated carbocycles. The van der Waals surface area contributed by atoms with Crippen molar-refractivity contribution in [3.63, 3.8) is 0 Å². The molecule has 0 aliphatic carbocycles. The van der Waals surface area contributed by atoms with Gasteiger partial charge in [0.25, 0.3) is 15.9 Å². The molecular formula is C23H21F2N3O5S. The van der Waals surface area contributed by atoms with Crippen molar-refractivity contribution < 1.29 is 31.5 Å². The zero-order chi connectivity index (χ0) is 24.7. The summed E-state index contributed by atoms with van der Waals surface area (Å²) in [5.74, 6) is -1.33. The number of ether oxygens (including phenoxy) is 2. The highest BCUT2D eigenvalue weighted by atomic mass is 32.2. The van der Waals surface area contributed by atoms with Gasteiger partial charge in [-0.05, 0) is 54.1 Å². The second kappa shape index (κ2) is 10.8. The number of nitrogens with zero attached hydrogens (tertiary/aromatic N) is 2. The van der Waals surface area contributed by atoms with Gasteiger partial charge in [-0.15, -0.1) is 0 Å². The van der Waals surface area contributed by atoms with Crippen molar-refractivity contribution in [1.82, 2.24) is 5.43 Å². The molecule has 0 aliphatic heterocycles. The zero-order valence-corrected chi connectivity index (χ0v) is 19.1. The Kier molecular flexibility index (Phi) is 7.79. The van der Waals surface area contributed by atoms with Gasteiger partial charge in [0, 0.05) is 6.07 Å². The minimum Gasteiger partial charge on any atom is -0.493 e. The summed E-state index contributed by atoms with van der Waals surface area (Å²) in [5, 5.41) is 3.74. The van der Waals surface area contributed by atoms with Crippen LogP contribution in [0.15, 0.2) is 76.7 Å². The second-order valence-corrected chi connectivity index (χ2v) is 8.72. The molecule has 0 aliphatic rings. The Bertz CT molecular complexity index is 1300. The van der Waals surface area contributed by atoms with Crippen LogP contribution in [0.4, 0.5) is 14.5 Å². The number of rotatable bonds is 9. The summed E-state index contributed by atoms with van der Waals surface area (Å²) >= 11 is 0. The monoisotopic (exact) mass is 489 g/mol. The summed E-state index contributed by atoms with van der Waals surface area (Å²) in [6.45, 7) is -0.664. The second-order valence-electron chi connectivity index (χ2n) is 6.85. The van der Waals surface area contributed by atoms with Crippen molar-refractivity contribution in [3.05, 3.63) is 83.9 Å². The van der Waals surface area contributed by atoms with Gasteiger partial charge in [-0.3, -0.25) is 9.10 Å². The molecule has 0 saturated heterocycles. The maximum absolute atomic E-state index is 13.4. The van der Waals surface area contributed by atoms with Crippen LogP contribution < -0.4 is 19.2 Å². The number of amides is 1. The highest BCUT2D eigenvalue weighted by Crippen LogP contribution is 2.32. The number of methoxy groups -OCH3 is 2. The Balaban J connectivity index is 1.89. The SMILES string of the molecule is COc1ccc(S(=O)(=O)N(CC(=O)N/N=C\c2cccc(F)c2)c2ccc(F)cc2)cc1OC. The average Bonchev–Trinajstić information content (AvgIpc) is 2.82. The van der Waals surface area contributed by atoms with Gasteiger partial charge in [0.05, 0.1) is 31.0 Å². The Morgan fingerprint density at radius 2 is 1.68 bits per heavy atom. The first-order chi connectivity index (χ1) is 16.2. The van der Waals surface area contributed by atoms with Gasteiger partial charge in [-0.2, -0.15) is 5.10 Å². The van der Waals surface area contributed by atoms with Crippen LogP contribution in [0, 0.1) is 11.6 Å². The number of hydrogen-bond donors (Lipinski definition) is 1. The van der Waals surface area contributed by atoms with Gasteiger partial charge >= 0.3 is 0 Å². The molecule has 0 aromatic heterocycles. The number of halogens is 2. The highest BCUT2D eigenvalue weighted by Gasteiger charge is 2.28. The molecule has 0 spiro atoms. The average molecular weight is 490 g/mol. The van der Waals surface area contributed by atoms with E-state index in [9.17, 15) is 22.0 Å². The van der Waals surface area contributed by atoms with Crippen molar-refractivity contribution in [2.24, 2.45) is 5.10 Å². The molecule has 3 rings (SSSR count). The van der Waals surface area contributed by atoms with Crippen LogP contribution in [0.1, 0.15) is 5.56 Å². The quantitative estimate of drug-likeness (QED) is 0.367. The fraction of sp³-hybridized carbons (Fsp3) is 0.130. The molecule has 11 heteroatoms. The third-order valence-corrected chi connectivity index (χ3v) is 6.37. The van der Waals surface area contributed by atoms with E-state index >= 15 is 0 Å². The van der Waals surface area contributed by atoms with Crippen LogP contribution in [0.2, 0.25) is 0 Å². The van der Waals surface area contributed by atoms with Crippen molar-refractivity contribution in [1.29, 1.82) is 0 Å². The predicted molar refractivity (Wildman–Crippen MR) is 123 cm³/mol. The smallest absolute Gasteiger partial charge is 0.264 e. The topological polar surface area (TPSA) is 97.3 Å². The number of hydrogen-bond acceptors (Lipinski definition) is 6. The van der Waals surface area contributed by atoms with Gasteiger partial charge in [0.2, 0.25) is 0 Å². The Labute approximate surface area is 195 Å². The molecule has 1 amide bonds. The van der Waals surface area contributed by atoms with Crippen molar-refractivity contribution in [2.75, 3.05) is 25.1 Å². The molecule has 3 aromatic rings. The molecule has 0 unspecified atom stereocenters. The number of anilines is 1. The third kappa shape index (κ3) is 5.87. The molecule has 8 nitrogen and oxygen atoms in total. The molecule has 3 aromatic carbocycles. The van der Waals surface area contributed by atoms with Crippen LogP contribution in [0.3, 0.4) is 0 Å². The summed E-state index contributed by atoms with van der Waals surface area (Å²) < 4.78 is 64.7. The summed E-state index contributed by atoms with van der Waals surface area (Å²) in [6.07, 6.45) is 1.21. The van der Waals surface area contributed by atoms with Crippen molar-refractivity contribution in [2.45, 2.75) is 4.90 Å². The molecule has 1 N–H and O–H groups in total. The minimum atomic E-state index is -4.29. The fourth-order valence-electron chi connectivity index (χ4n) is 2.96. The van der Waals surface area contributed by atoms with E-state index in [-0.39, 0.29) is 16.3 Å². The van der Waals surface area contributed by atoms with E-state index in [1.54, 1.807) is 6.07 Å². The Hall–Kier alpha value is -3.99. The number of nitrogens with one attached hydrogen (secondary N) is 1. The number of sulfonamides is 1. The lowest BCUT2D eigenvalue weighted by molar-refractivity contribution is -0.119. The largest absolute Gasteiger partial charge is 0.493 e. The maximum Gasteiger partial charge on any atom is 0.264 e. The van der Waals surface area contributed by atoms with Crippen LogP contribution in [0.25, 0.3) is 0 Å². The maximum atomic E-state index is 13.4. The summed E-state index contributed by atoms with van der Waals surface area (Å²) in [6, 6.07) is 14.1. The lowest BCUT2D eigenvalue weighted by Gasteiger charge is -2.24. The number of benzene rings is 3. The predicted octanol–water partition coefficient (Wildman–Crippen LogP) is 3.33. The molecule has 0 bridgehead atoms. The number of hydrazone groups is 1. The highest BCUT2D eigenvalue weighted by molar-refractivity contribution is 7.92.